The molecule has 0 aliphatic heterocycles. The summed E-state index contributed by atoms with van der Waals surface area (Å²) in [6, 6.07) is 77.6. The zero-order chi connectivity index (χ0) is 55.9. The van der Waals surface area contributed by atoms with E-state index in [1.165, 1.54) is 16.7 Å². The minimum atomic E-state index is -0.0107. The van der Waals surface area contributed by atoms with Crippen molar-refractivity contribution < 1.29 is 0 Å². The molecule has 0 spiro atoms. The van der Waals surface area contributed by atoms with Crippen molar-refractivity contribution in [2.24, 2.45) is 0 Å². The third-order valence-corrected chi connectivity index (χ3v) is 16.6. The maximum absolute atomic E-state index is 4.92. The highest BCUT2D eigenvalue weighted by Crippen LogP contribution is 2.47. The molecular formula is C75H65Br2N3. The largest absolute Gasteiger partial charge is 0.256 e. The monoisotopic (exact) mass is 1170 g/mol. The van der Waals surface area contributed by atoms with Gasteiger partial charge >= 0.3 is 0 Å². The lowest BCUT2D eigenvalue weighted by Gasteiger charge is -2.21. The van der Waals surface area contributed by atoms with E-state index in [9.17, 15) is 0 Å². The average molecular weight is 1170 g/mol. The van der Waals surface area contributed by atoms with Crippen molar-refractivity contribution >= 4 is 31.9 Å². The molecule has 0 saturated carbocycles. The quantitative estimate of drug-likeness (QED) is 0.137. The van der Waals surface area contributed by atoms with Gasteiger partial charge < -0.3 is 0 Å². The Balaban J connectivity index is 1.09. The van der Waals surface area contributed by atoms with E-state index < -0.39 is 0 Å². The van der Waals surface area contributed by atoms with Crippen molar-refractivity contribution in [3.8, 4) is 112 Å². The van der Waals surface area contributed by atoms with Crippen molar-refractivity contribution in [3.63, 3.8) is 0 Å². The van der Waals surface area contributed by atoms with Crippen LogP contribution in [0.15, 0.2) is 240 Å². The first-order valence-electron chi connectivity index (χ1n) is 27.5. The first kappa shape index (κ1) is 54.1. The highest BCUT2D eigenvalue weighted by Gasteiger charge is 2.22. The Kier molecular flexibility index (Phi) is 14.9. The molecule has 11 rings (SSSR count). The van der Waals surface area contributed by atoms with Crippen molar-refractivity contribution in [1.82, 2.24) is 15.0 Å². The van der Waals surface area contributed by atoms with E-state index in [4.69, 9.17) is 15.0 Å². The minimum absolute atomic E-state index is 0.00579. The Labute approximate surface area is 490 Å². The fraction of sp³-hybridized carbons (Fsp3) is 0.160. The van der Waals surface area contributed by atoms with E-state index in [-0.39, 0.29) is 16.2 Å². The summed E-state index contributed by atoms with van der Waals surface area (Å²) in [4.78, 5) is 14.6. The summed E-state index contributed by atoms with van der Waals surface area (Å²) in [6.45, 7) is 20.2. The van der Waals surface area contributed by atoms with Crippen LogP contribution < -0.4 is 0 Å². The van der Waals surface area contributed by atoms with Gasteiger partial charge in [0.15, 0.2) is 0 Å². The van der Waals surface area contributed by atoms with Gasteiger partial charge in [-0.1, -0.05) is 234 Å². The lowest BCUT2D eigenvalue weighted by molar-refractivity contribution is 0.589. The third kappa shape index (κ3) is 11.3. The summed E-state index contributed by atoms with van der Waals surface area (Å²) < 4.78 is 2.01. The van der Waals surface area contributed by atoms with Crippen LogP contribution in [-0.2, 0) is 16.2 Å². The Morgan fingerprint density at radius 2 is 0.537 bits per heavy atom. The number of halogens is 2. The van der Waals surface area contributed by atoms with Crippen LogP contribution in [0.25, 0.3) is 112 Å². The molecule has 3 heterocycles. The summed E-state index contributed by atoms with van der Waals surface area (Å²) in [5.41, 5.74) is 25.6. The van der Waals surface area contributed by atoms with Crippen LogP contribution in [0.3, 0.4) is 0 Å². The summed E-state index contributed by atoms with van der Waals surface area (Å²) in [7, 11) is 0. The third-order valence-electron chi connectivity index (χ3n) is 15.3. The molecule has 0 saturated heterocycles. The zero-order valence-electron chi connectivity index (χ0n) is 47.0. The molecule has 80 heavy (non-hydrogen) atoms. The lowest BCUT2D eigenvalue weighted by Crippen LogP contribution is -2.11. The molecule has 11 aromatic rings. The van der Waals surface area contributed by atoms with Gasteiger partial charge in [-0.3, -0.25) is 15.0 Å². The molecule has 8 aromatic carbocycles. The van der Waals surface area contributed by atoms with Crippen molar-refractivity contribution in [2.75, 3.05) is 0 Å². The Morgan fingerprint density at radius 3 is 0.887 bits per heavy atom. The van der Waals surface area contributed by atoms with Gasteiger partial charge in [0.1, 0.15) is 0 Å². The Hall–Kier alpha value is -7.83. The van der Waals surface area contributed by atoms with Crippen molar-refractivity contribution in [2.45, 2.75) is 78.6 Å². The molecule has 0 N–H and O–H groups in total. The van der Waals surface area contributed by atoms with Gasteiger partial charge in [0, 0.05) is 44.2 Å². The molecule has 0 amide bonds. The molecule has 0 bridgehead atoms. The van der Waals surface area contributed by atoms with E-state index >= 15 is 0 Å². The summed E-state index contributed by atoms with van der Waals surface area (Å²) in [6.07, 6.45) is 5.79. The number of hydrogen-bond donors (Lipinski definition) is 0. The maximum atomic E-state index is 4.92. The molecule has 394 valence electrons. The second kappa shape index (κ2) is 22.0. The SMILES string of the molecule is CC(C)(C)c1ccnc(-c2ccc(-c3ccccc3-c3cc(-c4ccccc4-c4ccc(-c5cc(C(C)(C)C)ccn5)cc4Br)cc(-c4ccccc4-c4ccc(-c5cc(C(C)(C)C)ccn5)cc4-c4ccccc4)c3)c(Br)c2)c1. The standard InChI is InChI=1S/C75H65Br2N3/c1-73(2,3)55-33-36-78-70(45-55)49-27-30-64(67(42-49)48-19-11-10-12-20-48)61-24-16-13-21-58(61)52-39-53(59-22-14-17-25-62(59)65-31-28-50(43-68(65)76)71-46-56(34-37-79-71)74(4,5)6)41-54(40-52)60-23-15-18-26-63(60)66-32-29-51(44-69(66)77)72-47-57(35-38-80-72)75(7,8)9/h10-47H,1-9H3. The molecule has 0 aliphatic rings. The van der Waals surface area contributed by atoms with Crippen LogP contribution in [0.1, 0.15) is 79.0 Å². The van der Waals surface area contributed by atoms with Crippen LogP contribution in [-0.4, -0.2) is 15.0 Å². The molecule has 0 radical (unpaired) electrons. The predicted molar refractivity (Wildman–Crippen MR) is 346 cm³/mol. The molecule has 3 nitrogen and oxygen atoms in total. The van der Waals surface area contributed by atoms with Crippen LogP contribution in [0, 0.1) is 0 Å². The van der Waals surface area contributed by atoms with E-state index in [0.717, 1.165) is 121 Å². The molecule has 0 aliphatic carbocycles. The summed E-state index contributed by atoms with van der Waals surface area (Å²) in [5.74, 6) is 0. The number of nitrogens with zero attached hydrogens (tertiary/aromatic N) is 3. The highest BCUT2D eigenvalue weighted by atomic mass is 79.9. The van der Waals surface area contributed by atoms with Gasteiger partial charge in [-0.25, -0.2) is 0 Å². The fourth-order valence-corrected chi connectivity index (χ4v) is 11.9. The van der Waals surface area contributed by atoms with E-state index in [0.29, 0.717) is 0 Å². The number of pyridine rings is 3. The van der Waals surface area contributed by atoms with Crippen molar-refractivity contribution in [3.05, 3.63) is 257 Å². The Morgan fingerprint density at radius 1 is 0.237 bits per heavy atom. The van der Waals surface area contributed by atoms with Crippen LogP contribution >= 0.6 is 31.9 Å². The summed E-state index contributed by atoms with van der Waals surface area (Å²) in [5, 5.41) is 0. The fourth-order valence-electron chi connectivity index (χ4n) is 10.7. The number of hydrogen-bond acceptors (Lipinski definition) is 3. The predicted octanol–water partition coefficient (Wildman–Crippen LogP) is 22.0. The molecule has 0 unspecified atom stereocenters. The molecule has 0 fully saturated rings. The van der Waals surface area contributed by atoms with Gasteiger partial charge in [0.05, 0.1) is 17.1 Å². The smallest absolute Gasteiger partial charge is 0.0705 e. The topological polar surface area (TPSA) is 38.7 Å². The van der Waals surface area contributed by atoms with Gasteiger partial charge in [-0.2, -0.15) is 0 Å². The minimum Gasteiger partial charge on any atom is -0.256 e. The normalized spacial score (nSPS) is 11.9. The van der Waals surface area contributed by atoms with Crippen LogP contribution in [0.2, 0.25) is 0 Å². The average Bonchev–Trinajstić information content (AvgIpc) is 3.46. The van der Waals surface area contributed by atoms with Crippen molar-refractivity contribution in [1.29, 1.82) is 0 Å². The zero-order valence-corrected chi connectivity index (χ0v) is 50.2. The summed E-state index contributed by atoms with van der Waals surface area (Å²) >= 11 is 8.15. The first-order valence-corrected chi connectivity index (χ1v) is 29.1. The molecule has 3 aromatic heterocycles. The first-order chi connectivity index (χ1) is 38.4. The maximum Gasteiger partial charge on any atom is 0.0705 e. The highest BCUT2D eigenvalue weighted by molar-refractivity contribution is 9.11. The van der Waals surface area contributed by atoms with Gasteiger partial charge in [-0.15, -0.1) is 0 Å². The van der Waals surface area contributed by atoms with E-state index in [2.05, 4.69) is 306 Å². The van der Waals surface area contributed by atoms with E-state index in [1.807, 2.05) is 18.6 Å². The lowest BCUT2D eigenvalue weighted by atomic mass is 9.84. The number of aromatic nitrogens is 3. The van der Waals surface area contributed by atoms with Crippen LogP contribution in [0.5, 0.6) is 0 Å². The van der Waals surface area contributed by atoms with Gasteiger partial charge in [0.25, 0.3) is 0 Å². The Bertz CT molecular complexity index is 3930. The number of rotatable bonds is 10. The molecule has 5 heteroatoms. The second-order valence-electron chi connectivity index (χ2n) is 24.0. The number of benzene rings is 8. The van der Waals surface area contributed by atoms with Gasteiger partial charge in [0.2, 0.25) is 0 Å². The van der Waals surface area contributed by atoms with Crippen LogP contribution in [0.4, 0.5) is 0 Å². The van der Waals surface area contributed by atoms with Gasteiger partial charge in [-0.05, 0) is 184 Å². The second-order valence-corrected chi connectivity index (χ2v) is 25.7. The molecular weight excluding hydrogens is 1100 g/mol. The molecule has 0 atom stereocenters. The van der Waals surface area contributed by atoms with E-state index in [1.54, 1.807) is 0 Å².